The van der Waals surface area contributed by atoms with E-state index in [2.05, 4.69) is 21.2 Å². The first-order chi connectivity index (χ1) is 9.43. The summed E-state index contributed by atoms with van der Waals surface area (Å²) in [5.41, 5.74) is 1.58. The highest BCUT2D eigenvalue weighted by molar-refractivity contribution is 9.10. The van der Waals surface area contributed by atoms with Crippen molar-refractivity contribution >= 4 is 27.5 Å². The Labute approximate surface area is 130 Å². The topological polar surface area (TPSA) is 12.0 Å². The number of rotatable bonds is 3. The van der Waals surface area contributed by atoms with E-state index >= 15 is 0 Å². The molecule has 2 aromatic rings. The molecule has 5 heteroatoms. The van der Waals surface area contributed by atoms with Crippen LogP contribution in [0.15, 0.2) is 34.8 Å². The van der Waals surface area contributed by atoms with Crippen LogP contribution in [0.2, 0.25) is 5.02 Å². The molecule has 0 aliphatic heterocycles. The number of benzene rings is 2. The van der Waals surface area contributed by atoms with Crippen LogP contribution in [-0.4, -0.2) is 7.05 Å². The zero-order valence-corrected chi connectivity index (χ0v) is 13.3. The first kappa shape index (κ1) is 15.4. The van der Waals surface area contributed by atoms with Gasteiger partial charge in [-0.1, -0.05) is 33.6 Å². The van der Waals surface area contributed by atoms with E-state index in [1.807, 2.05) is 0 Å². The number of aryl methyl sites for hydroxylation is 1. The molecule has 0 saturated heterocycles. The molecule has 1 atom stereocenters. The molecule has 2 rings (SSSR count). The second kappa shape index (κ2) is 6.20. The maximum absolute atomic E-state index is 14.1. The molecule has 0 aliphatic carbocycles. The second-order valence-electron chi connectivity index (χ2n) is 4.51. The third-order valence-electron chi connectivity index (χ3n) is 3.15. The molecule has 0 aliphatic rings. The summed E-state index contributed by atoms with van der Waals surface area (Å²) in [6.45, 7) is 1.65. The monoisotopic (exact) mass is 359 g/mol. The summed E-state index contributed by atoms with van der Waals surface area (Å²) >= 11 is 9.32. The Morgan fingerprint density at radius 3 is 2.40 bits per heavy atom. The SMILES string of the molecule is CNC(c1ccc(Br)cc1F)c1cc(C)c(F)cc1Cl. The van der Waals surface area contributed by atoms with Crippen LogP contribution >= 0.6 is 27.5 Å². The highest BCUT2D eigenvalue weighted by Crippen LogP contribution is 2.32. The van der Waals surface area contributed by atoms with Crippen LogP contribution < -0.4 is 5.32 Å². The lowest BCUT2D eigenvalue weighted by atomic mass is 9.96. The fourth-order valence-corrected chi connectivity index (χ4v) is 2.71. The standard InChI is InChI=1S/C15H13BrClF2N/c1-8-5-11(12(17)7-13(8)18)15(20-2)10-4-3-9(16)6-14(10)19/h3-7,15,20H,1-2H3. The van der Waals surface area contributed by atoms with Gasteiger partial charge in [-0.2, -0.15) is 0 Å². The predicted octanol–water partition coefficient (Wildman–Crippen LogP) is 5.00. The van der Waals surface area contributed by atoms with Crippen molar-refractivity contribution in [2.24, 2.45) is 0 Å². The number of halogens is 4. The summed E-state index contributed by atoms with van der Waals surface area (Å²) in [5, 5.41) is 3.29. The minimum absolute atomic E-state index is 0.273. The third-order valence-corrected chi connectivity index (χ3v) is 3.97. The highest BCUT2D eigenvalue weighted by atomic mass is 79.9. The van der Waals surface area contributed by atoms with Crippen LogP contribution in [0.1, 0.15) is 22.7 Å². The van der Waals surface area contributed by atoms with E-state index in [0.717, 1.165) is 0 Å². The quantitative estimate of drug-likeness (QED) is 0.812. The van der Waals surface area contributed by atoms with Crippen molar-refractivity contribution in [3.05, 3.63) is 68.2 Å². The molecule has 0 aromatic heterocycles. The lowest BCUT2D eigenvalue weighted by molar-refractivity contribution is 0.573. The average molecular weight is 361 g/mol. The molecule has 106 valence electrons. The van der Waals surface area contributed by atoms with E-state index in [9.17, 15) is 8.78 Å². The maximum atomic E-state index is 14.1. The summed E-state index contributed by atoms with van der Waals surface area (Å²) in [4.78, 5) is 0. The minimum atomic E-state index is -0.435. The lowest BCUT2D eigenvalue weighted by Gasteiger charge is -2.20. The summed E-state index contributed by atoms with van der Waals surface area (Å²) in [6.07, 6.45) is 0. The van der Waals surface area contributed by atoms with Gasteiger partial charge in [0.2, 0.25) is 0 Å². The molecular formula is C15H13BrClF2N. The van der Waals surface area contributed by atoms with Crippen molar-refractivity contribution in [2.45, 2.75) is 13.0 Å². The molecule has 0 bridgehead atoms. The van der Waals surface area contributed by atoms with Crippen LogP contribution in [0.3, 0.4) is 0 Å². The molecule has 0 fully saturated rings. The van der Waals surface area contributed by atoms with E-state index in [-0.39, 0.29) is 16.7 Å². The van der Waals surface area contributed by atoms with E-state index in [1.54, 1.807) is 32.2 Å². The van der Waals surface area contributed by atoms with Gasteiger partial charge in [0.15, 0.2) is 0 Å². The Hall–Kier alpha value is -0.970. The van der Waals surface area contributed by atoms with Gasteiger partial charge in [-0.15, -0.1) is 0 Å². The van der Waals surface area contributed by atoms with Crippen LogP contribution in [0.4, 0.5) is 8.78 Å². The van der Waals surface area contributed by atoms with Crippen molar-refractivity contribution in [3.8, 4) is 0 Å². The fraction of sp³-hybridized carbons (Fsp3) is 0.200. The molecule has 0 spiro atoms. The number of hydrogen-bond donors (Lipinski definition) is 1. The zero-order valence-electron chi connectivity index (χ0n) is 11.0. The Balaban J connectivity index is 2.55. The summed E-state index contributed by atoms with van der Waals surface area (Å²) in [6, 6.07) is 7.29. The van der Waals surface area contributed by atoms with Crippen molar-refractivity contribution in [1.82, 2.24) is 5.32 Å². The van der Waals surface area contributed by atoms with Crippen molar-refractivity contribution in [3.63, 3.8) is 0 Å². The zero-order chi connectivity index (χ0) is 14.9. The van der Waals surface area contributed by atoms with Crippen LogP contribution in [0, 0.1) is 18.6 Å². The van der Waals surface area contributed by atoms with Gasteiger partial charge in [0, 0.05) is 15.1 Å². The maximum Gasteiger partial charge on any atom is 0.129 e. The van der Waals surface area contributed by atoms with E-state index in [0.29, 0.717) is 21.2 Å². The molecular weight excluding hydrogens is 348 g/mol. The Bertz CT molecular complexity index is 646. The number of nitrogens with one attached hydrogen (secondary N) is 1. The fourth-order valence-electron chi connectivity index (χ4n) is 2.11. The van der Waals surface area contributed by atoms with Gasteiger partial charge in [-0.05, 0) is 49.4 Å². The normalized spacial score (nSPS) is 12.5. The second-order valence-corrected chi connectivity index (χ2v) is 5.83. The van der Waals surface area contributed by atoms with E-state index in [1.165, 1.54) is 12.1 Å². The van der Waals surface area contributed by atoms with E-state index < -0.39 is 6.04 Å². The molecule has 1 unspecified atom stereocenters. The first-order valence-electron chi connectivity index (χ1n) is 6.01. The van der Waals surface area contributed by atoms with Gasteiger partial charge < -0.3 is 5.32 Å². The minimum Gasteiger partial charge on any atom is -0.309 e. The van der Waals surface area contributed by atoms with Gasteiger partial charge in [-0.3, -0.25) is 0 Å². The summed E-state index contributed by atoms with van der Waals surface area (Å²) in [5.74, 6) is -0.721. The number of hydrogen-bond acceptors (Lipinski definition) is 1. The van der Waals surface area contributed by atoms with Crippen LogP contribution in [0.25, 0.3) is 0 Å². The largest absolute Gasteiger partial charge is 0.309 e. The molecule has 1 nitrogen and oxygen atoms in total. The molecule has 1 N–H and O–H groups in total. The van der Waals surface area contributed by atoms with Gasteiger partial charge >= 0.3 is 0 Å². The van der Waals surface area contributed by atoms with Crippen molar-refractivity contribution in [1.29, 1.82) is 0 Å². The predicted molar refractivity (Wildman–Crippen MR) is 81.1 cm³/mol. The molecule has 0 saturated carbocycles. The molecule has 2 aromatic carbocycles. The van der Waals surface area contributed by atoms with Gasteiger partial charge in [0.1, 0.15) is 11.6 Å². The molecule has 20 heavy (non-hydrogen) atoms. The Morgan fingerprint density at radius 2 is 1.80 bits per heavy atom. The van der Waals surface area contributed by atoms with Crippen molar-refractivity contribution < 1.29 is 8.78 Å². The van der Waals surface area contributed by atoms with Crippen LogP contribution in [0.5, 0.6) is 0 Å². The highest BCUT2D eigenvalue weighted by Gasteiger charge is 2.20. The first-order valence-corrected chi connectivity index (χ1v) is 7.19. The summed E-state index contributed by atoms with van der Waals surface area (Å²) in [7, 11) is 1.71. The third kappa shape index (κ3) is 3.03. The molecule has 0 amide bonds. The van der Waals surface area contributed by atoms with E-state index in [4.69, 9.17) is 11.6 Å². The van der Waals surface area contributed by atoms with Crippen molar-refractivity contribution in [2.75, 3.05) is 7.05 Å². The Kier molecular flexibility index (Phi) is 4.78. The van der Waals surface area contributed by atoms with Gasteiger partial charge in [-0.25, -0.2) is 8.78 Å². The van der Waals surface area contributed by atoms with Gasteiger partial charge in [0.05, 0.1) is 6.04 Å². The smallest absolute Gasteiger partial charge is 0.129 e. The van der Waals surface area contributed by atoms with Gasteiger partial charge in [0.25, 0.3) is 0 Å². The van der Waals surface area contributed by atoms with Crippen LogP contribution in [-0.2, 0) is 0 Å². The summed E-state index contributed by atoms with van der Waals surface area (Å²) < 4.78 is 28.2. The molecule has 0 heterocycles. The lowest BCUT2D eigenvalue weighted by Crippen LogP contribution is -2.19. The Morgan fingerprint density at radius 1 is 1.10 bits per heavy atom. The molecule has 0 radical (unpaired) electrons. The average Bonchev–Trinajstić information content (AvgIpc) is 2.38.